The summed E-state index contributed by atoms with van der Waals surface area (Å²) in [7, 11) is 2.14. The third-order valence-corrected chi connectivity index (χ3v) is 1.97. The maximum absolute atomic E-state index is 3.68. The Balaban J connectivity index is 3.32. The van der Waals surface area contributed by atoms with E-state index in [1.807, 2.05) is 6.08 Å². The fourth-order valence-electron chi connectivity index (χ4n) is 1.09. The first-order valence-corrected chi connectivity index (χ1v) is 4.73. The summed E-state index contributed by atoms with van der Waals surface area (Å²) in [6.45, 7) is 11.4. The van der Waals surface area contributed by atoms with E-state index in [4.69, 9.17) is 0 Å². The normalized spacial score (nSPS) is 13.3. The van der Waals surface area contributed by atoms with Gasteiger partial charge in [0.1, 0.15) is 0 Å². The quantitative estimate of drug-likeness (QED) is 0.460. The summed E-state index contributed by atoms with van der Waals surface area (Å²) in [4.78, 5) is 2.31. The van der Waals surface area contributed by atoms with Gasteiger partial charge in [-0.2, -0.15) is 0 Å². The van der Waals surface area contributed by atoms with E-state index in [2.05, 4.69) is 37.7 Å². The molecule has 0 bridgehead atoms. The highest BCUT2D eigenvalue weighted by atomic mass is 15.1. The minimum atomic E-state index is 0.579. The van der Waals surface area contributed by atoms with E-state index in [1.165, 1.54) is 0 Å². The Morgan fingerprint density at radius 3 is 2.75 bits per heavy atom. The maximum Gasteiger partial charge on any atom is 0.0166 e. The molecule has 0 aliphatic carbocycles. The Hall–Kier alpha value is -0.340. The molecule has 2 heteroatoms. The van der Waals surface area contributed by atoms with Crippen LogP contribution in [0.15, 0.2) is 12.7 Å². The molecule has 0 spiro atoms. The van der Waals surface area contributed by atoms with Crippen molar-refractivity contribution in [3.05, 3.63) is 12.7 Å². The summed E-state index contributed by atoms with van der Waals surface area (Å²) in [6.07, 6.45) is 3.00. The first-order valence-electron chi connectivity index (χ1n) is 4.73. The van der Waals surface area contributed by atoms with E-state index in [1.54, 1.807) is 0 Å². The van der Waals surface area contributed by atoms with Crippen LogP contribution in [0.4, 0.5) is 0 Å². The lowest BCUT2D eigenvalue weighted by atomic mass is 10.3. The average molecular weight is 170 g/mol. The molecule has 72 valence electrons. The molecular formula is C10H22N2. The van der Waals surface area contributed by atoms with Crippen molar-refractivity contribution in [1.82, 2.24) is 10.2 Å². The number of hydrogen-bond donors (Lipinski definition) is 1. The minimum Gasteiger partial charge on any atom is -0.313 e. The predicted octanol–water partition coefficient (Wildman–Crippen LogP) is 1.49. The Morgan fingerprint density at radius 1 is 1.58 bits per heavy atom. The van der Waals surface area contributed by atoms with Crippen LogP contribution in [0.25, 0.3) is 0 Å². The topological polar surface area (TPSA) is 15.3 Å². The van der Waals surface area contributed by atoms with E-state index in [0.29, 0.717) is 6.04 Å². The molecule has 0 aliphatic rings. The van der Waals surface area contributed by atoms with Crippen molar-refractivity contribution in [3.8, 4) is 0 Å². The third-order valence-electron chi connectivity index (χ3n) is 1.97. The average Bonchev–Trinajstić information content (AvgIpc) is 2.05. The van der Waals surface area contributed by atoms with Gasteiger partial charge in [-0.15, -0.1) is 6.58 Å². The van der Waals surface area contributed by atoms with Gasteiger partial charge in [-0.1, -0.05) is 13.0 Å². The van der Waals surface area contributed by atoms with Crippen LogP contribution in [0.1, 0.15) is 20.3 Å². The van der Waals surface area contributed by atoms with Gasteiger partial charge in [0.15, 0.2) is 0 Å². The highest BCUT2D eigenvalue weighted by Crippen LogP contribution is 1.88. The first-order chi connectivity index (χ1) is 5.70. The number of nitrogens with zero attached hydrogens (tertiary/aromatic N) is 1. The van der Waals surface area contributed by atoms with Crippen LogP contribution in [0, 0.1) is 0 Å². The predicted molar refractivity (Wildman–Crippen MR) is 55.4 cm³/mol. The Labute approximate surface area is 76.6 Å². The van der Waals surface area contributed by atoms with E-state index in [0.717, 1.165) is 26.1 Å². The monoisotopic (exact) mass is 170 g/mol. The van der Waals surface area contributed by atoms with Gasteiger partial charge in [0, 0.05) is 12.6 Å². The van der Waals surface area contributed by atoms with Gasteiger partial charge in [-0.3, -0.25) is 0 Å². The number of rotatable bonds is 7. The van der Waals surface area contributed by atoms with Crippen molar-refractivity contribution >= 4 is 0 Å². The summed E-state index contributed by atoms with van der Waals surface area (Å²) in [5.74, 6) is 0. The molecule has 12 heavy (non-hydrogen) atoms. The molecule has 0 aromatic heterocycles. The lowest BCUT2D eigenvalue weighted by molar-refractivity contribution is 0.311. The summed E-state index contributed by atoms with van der Waals surface area (Å²) >= 11 is 0. The number of likely N-dealkylation sites (N-methyl/N-ethyl adjacent to an activating group) is 1. The molecule has 0 radical (unpaired) electrons. The molecule has 0 aliphatic heterocycles. The van der Waals surface area contributed by atoms with Gasteiger partial charge in [0.2, 0.25) is 0 Å². The summed E-state index contributed by atoms with van der Waals surface area (Å²) in [5.41, 5.74) is 0. The second-order valence-electron chi connectivity index (χ2n) is 3.29. The van der Waals surface area contributed by atoms with Crippen LogP contribution in [0.3, 0.4) is 0 Å². The Kier molecular flexibility index (Phi) is 7.11. The number of nitrogens with one attached hydrogen (secondary N) is 1. The molecule has 1 N–H and O–H groups in total. The molecule has 0 rings (SSSR count). The zero-order valence-electron chi connectivity index (χ0n) is 8.64. The maximum atomic E-state index is 3.68. The van der Waals surface area contributed by atoms with Gasteiger partial charge in [0.25, 0.3) is 0 Å². The minimum absolute atomic E-state index is 0.579. The molecule has 0 heterocycles. The number of hydrogen-bond acceptors (Lipinski definition) is 2. The smallest absolute Gasteiger partial charge is 0.0166 e. The van der Waals surface area contributed by atoms with Crippen molar-refractivity contribution in [2.75, 3.05) is 26.7 Å². The largest absolute Gasteiger partial charge is 0.313 e. The van der Waals surface area contributed by atoms with E-state index in [9.17, 15) is 0 Å². The standard InChI is InChI=1S/C10H22N2/c1-5-7-8-11-10(3)9-12(4)6-2/h5,10-11H,1,6-9H2,2-4H3. The molecule has 0 fully saturated rings. The van der Waals surface area contributed by atoms with E-state index in [-0.39, 0.29) is 0 Å². The summed E-state index contributed by atoms with van der Waals surface area (Å²) in [6, 6.07) is 0.579. The fourth-order valence-corrected chi connectivity index (χ4v) is 1.09. The summed E-state index contributed by atoms with van der Waals surface area (Å²) in [5, 5.41) is 3.44. The van der Waals surface area contributed by atoms with Crippen LogP contribution >= 0.6 is 0 Å². The molecular weight excluding hydrogens is 148 g/mol. The molecule has 1 atom stereocenters. The lowest BCUT2D eigenvalue weighted by Gasteiger charge is -2.20. The molecule has 0 saturated carbocycles. The zero-order chi connectivity index (χ0) is 9.40. The molecule has 0 aromatic rings. The van der Waals surface area contributed by atoms with Crippen molar-refractivity contribution in [2.45, 2.75) is 26.3 Å². The van der Waals surface area contributed by atoms with E-state index >= 15 is 0 Å². The van der Waals surface area contributed by atoms with Gasteiger partial charge >= 0.3 is 0 Å². The van der Waals surface area contributed by atoms with E-state index < -0.39 is 0 Å². The molecule has 0 saturated heterocycles. The molecule has 1 unspecified atom stereocenters. The van der Waals surface area contributed by atoms with Crippen molar-refractivity contribution in [2.24, 2.45) is 0 Å². The van der Waals surface area contributed by atoms with Gasteiger partial charge < -0.3 is 10.2 Å². The highest BCUT2D eigenvalue weighted by Gasteiger charge is 2.02. The third kappa shape index (κ3) is 6.38. The van der Waals surface area contributed by atoms with Crippen LogP contribution in [0.2, 0.25) is 0 Å². The van der Waals surface area contributed by atoms with Crippen LogP contribution in [-0.4, -0.2) is 37.6 Å². The van der Waals surface area contributed by atoms with Gasteiger partial charge in [-0.25, -0.2) is 0 Å². The van der Waals surface area contributed by atoms with Gasteiger partial charge in [-0.05, 0) is 33.5 Å². The first kappa shape index (κ1) is 11.7. The lowest BCUT2D eigenvalue weighted by Crippen LogP contribution is -2.37. The van der Waals surface area contributed by atoms with Crippen molar-refractivity contribution in [1.29, 1.82) is 0 Å². The van der Waals surface area contributed by atoms with Gasteiger partial charge in [0.05, 0.1) is 0 Å². The zero-order valence-corrected chi connectivity index (χ0v) is 8.64. The van der Waals surface area contributed by atoms with Crippen molar-refractivity contribution < 1.29 is 0 Å². The van der Waals surface area contributed by atoms with Crippen LogP contribution < -0.4 is 5.32 Å². The van der Waals surface area contributed by atoms with Crippen LogP contribution in [-0.2, 0) is 0 Å². The Morgan fingerprint density at radius 2 is 2.25 bits per heavy atom. The SMILES string of the molecule is C=CCCNC(C)CN(C)CC. The molecule has 2 nitrogen and oxygen atoms in total. The summed E-state index contributed by atoms with van der Waals surface area (Å²) < 4.78 is 0. The van der Waals surface area contributed by atoms with Crippen molar-refractivity contribution in [3.63, 3.8) is 0 Å². The molecule has 0 aromatic carbocycles. The fraction of sp³-hybridized carbons (Fsp3) is 0.800. The second kappa shape index (κ2) is 7.32. The molecule has 0 amide bonds. The van der Waals surface area contributed by atoms with Crippen LogP contribution in [0.5, 0.6) is 0 Å². The Bertz CT molecular complexity index is 112. The highest BCUT2D eigenvalue weighted by molar-refractivity contribution is 4.70. The second-order valence-corrected chi connectivity index (χ2v) is 3.29.